The molecule has 4 aliphatic carbocycles. The average molecular weight is 433 g/mol. The number of hydrogen-bond acceptors (Lipinski definition) is 2. The third-order valence-electron chi connectivity index (χ3n) is 11.9. The Morgan fingerprint density at radius 1 is 0.806 bits per heavy atom. The number of rotatable bonds is 6. The standard InChI is InChI=1S/C29H52O2/c1-7-20(18(2)3)9-8-19(4)23-10-11-24-22-17-27(31)26-16-21(30)12-14-29(26,6)25(22)13-15-28(23,24)5/h18-27,30-31H,7-17H2,1-6H3/t19-,20+,21+,22+,23-,24+,25+,26-,27+,28-,29-/m1/s1. The maximum atomic E-state index is 11.2. The molecule has 4 aliphatic rings. The van der Waals surface area contributed by atoms with Gasteiger partial charge in [-0.3, -0.25) is 0 Å². The van der Waals surface area contributed by atoms with Crippen molar-refractivity contribution < 1.29 is 10.2 Å². The summed E-state index contributed by atoms with van der Waals surface area (Å²) in [5.41, 5.74) is 0.732. The van der Waals surface area contributed by atoms with Gasteiger partial charge in [-0.15, -0.1) is 0 Å². The van der Waals surface area contributed by atoms with E-state index in [0.717, 1.165) is 61.2 Å². The number of fused-ring (bicyclic) bond motifs is 5. The van der Waals surface area contributed by atoms with Gasteiger partial charge in [-0.25, -0.2) is 0 Å². The van der Waals surface area contributed by atoms with E-state index >= 15 is 0 Å². The van der Waals surface area contributed by atoms with Crippen LogP contribution in [0.15, 0.2) is 0 Å². The summed E-state index contributed by atoms with van der Waals surface area (Å²) in [5.74, 6) is 6.01. The minimum absolute atomic E-state index is 0.187. The molecule has 31 heavy (non-hydrogen) atoms. The first-order valence-electron chi connectivity index (χ1n) is 14.0. The van der Waals surface area contributed by atoms with Crippen LogP contribution in [-0.4, -0.2) is 22.4 Å². The molecule has 2 nitrogen and oxygen atoms in total. The van der Waals surface area contributed by atoms with Crippen LogP contribution in [0.2, 0.25) is 0 Å². The van der Waals surface area contributed by atoms with E-state index in [4.69, 9.17) is 0 Å². The molecule has 0 unspecified atom stereocenters. The van der Waals surface area contributed by atoms with Crippen molar-refractivity contribution >= 4 is 0 Å². The van der Waals surface area contributed by atoms with E-state index in [1.807, 2.05) is 0 Å². The smallest absolute Gasteiger partial charge is 0.0577 e. The minimum atomic E-state index is -0.198. The molecule has 4 rings (SSSR count). The maximum absolute atomic E-state index is 11.2. The molecule has 0 spiro atoms. The monoisotopic (exact) mass is 432 g/mol. The third-order valence-corrected chi connectivity index (χ3v) is 11.9. The Labute approximate surface area is 193 Å². The first-order chi connectivity index (χ1) is 14.6. The maximum Gasteiger partial charge on any atom is 0.0577 e. The molecule has 0 saturated heterocycles. The molecule has 0 aromatic rings. The molecule has 11 atom stereocenters. The van der Waals surface area contributed by atoms with E-state index in [1.165, 1.54) is 44.9 Å². The topological polar surface area (TPSA) is 40.5 Å². The fourth-order valence-corrected chi connectivity index (χ4v) is 9.94. The Morgan fingerprint density at radius 3 is 2.16 bits per heavy atom. The third kappa shape index (κ3) is 4.05. The van der Waals surface area contributed by atoms with Gasteiger partial charge in [0, 0.05) is 0 Å². The molecule has 2 N–H and O–H groups in total. The minimum Gasteiger partial charge on any atom is -0.393 e. The number of aliphatic hydroxyl groups is 2. The fraction of sp³-hybridized carbons (Fsp3) is 1.00. The molecule has 4 saturated carbocycles. The lowest BCUT2D eigenvalue weighted by Gasteiger charge is -2.62. The molecule has 2 heteroatoms. The van der Waals surface area contributed by atoms with Crippen molar-refractivity contribution in [1.29, 1.82) is 0 Å². The van der Waals surface area contributed by atoms with Crippen molar-refractivity contribution in [2.75, 3.05) is 0 Å². The van der Waals surface area contributed by atoms with Gasteiger partial charge in [-0.2, -0.15) is 0 Å². The lowest BCUT2D eigenvalue weighted by Crippen LogP contribution is -2.58. The lowest BCUT2D eigenvalue weighted by molar-refractivity contribution is -0.172. The molecular formula is C29H52O2. The predicted molar refractivity (Wildman–Crippen MR) is 130 cm³/mol. The molecule has 0 radical (unpaired) electrons. The Morgan fingerprint density at radius 2 is 1.48 bits per heavy atom. The highest BCUT2D eigenvalue weighted by Crippen LogP contribution is 2.68. The highest BCUT2D eigenvalue weighted by atomic mass is 16.3. The second kappa shape index (κ2) is 8.94. The van der Waals surface area contributed by atoms with Crippen LogP contribution in [0, 0.1) is 58.2 Å². The van der Waals surface area contributed by atoms with Gasteiger partial charge in [0.2, 0.25) is 0 Å². The quantitative estimate of drug-likeness (QED) is 0.471. The van der Waals surface area contributed by atoms with Gasteiger partial charge in [0.1, 0.15) is 0 Å². The van der Waals surface area contributed by atoms with Crippen LogP contribution in [0.25, 0.3) is 0 Å². The summed E-state index contributed by atoms with van der Waals surface area (Å²) < 4.78 is 0. The molecular weight excluding hydrogens is 380 g/mol. The molecule has 0 bridgehead atoms. The Balaban J connectivity index is 1.48. The summed E-state index contributed by atoms with van der Waals surface area (Å²) in [6.07, 6.45) is 13.2. The molecule has 4 fully saturated rings. The summed E-state index contributed by atoms with van der Waals surface area (Å²) in [5, 5.41) is 21.5. The zero-order chi connectivity index (χ0) is 22.6. The zero-order valence-electron chi connectivity index (χ0n) is 21.4. The van der Waals surface area contributed by atoms with Crippen molar-refractivity contribution in [2.24, 2.45) is 58.2 Å². The van der Waals surface area contributed by atoms with Gasteiger partial charge in [0.25, 0.3) is 0 Å². The molecule has 0 heterocycles. The fourth-order valence-electron chi connectivity index (χ4n) is 9.94. The van der Waals surface area contributed by atoms with Crippen LogP contribution in [0.4, 0.5) is 0 Å². The van der Waals surface area contributed by atoms with Crippen molar-refractivity contribution in [1.82, 2.24) is 0 Å². The molecule has 0 aromatic carbocycles. The van der Waals surface area contributed by atoms with Gasteiger partial charge in [0.05, 0.1) is 12.2 Å². The zero-order valence-corrected chi connectivity index (χ0v) is 21.4. The molecule has 0 amide bonds. The van der Waals surface area contributed by atoms with E-state index in [0.29, 0.717) is 17.3 Å². The molecule has 0 aromatic heterocycles. The van der Waals surface area contributed by atoms with E-state index in [2.05, 4.69) is 41.5 Å². The van der Waals surface area contributed by atoms with Crippen LogP contribution in [0.3, 0.4) is 0 Å². The van der Waals surface area contributed by atoms with Gasteiger partial charge in [-0.05, 0) is 116 Å². The van der Waals surface area contributed by atoms with Crippen LogP contribution in [0.5, 0.6) is 0 Å². The van der Waals surface area contributed by atoms with E-state index in [-0.39, 0.29) is 17.6 Å². The Bertz CT molecular complexity index is 616. The van der Waals surface area contributed by atoms with Gasteiger partial charge in [-0.1, -0.05) is 54.4 Å². The van der Waals surface area contributed by atoms with Gasteiger partial charge >= 0.3 is 0 Å². The van der Waals surface area contributed by atoms with E-state index < -0.39 is 0 Å². The largest absolute Gasteiger partial charge is 0.393 e. The SMILES string of the molecule is CC[C@@H](CC[C@@H](C)[C@H]1CC[C@H]2[C@@H]3C[C@H](O)[C@H]4C[C@@H](O)CC[C@]4(C)[C@H]3CC[C@]12C)C(C)C. The summed E-state index contributed by atoms with van der Waals surface area (Å²) >= 11 is 0. The van der Waals surface area contributed by atoms with Crippen LogP contribution in [-0.2, 0) is 0 Å². The number of aliphatic hydroxyl groups excluding tert-OH is 2. The van der Waals surface area contributed by atoms with Crippen molar-refractivity contribution in [3.05, 3.63) is 0 Å². The van der Waals surface area contributed by atoms with Crippen molar-refractivity contribution in [2.45, 2.75) is 124 Å². The van der Waals surface area contributed by atoms with Gasteiger partial charge in [0.15, 0.2) is 0 Å². The average Bonchev–Trinajstić information content (AvgIpc) is 3.07. The normalized spacial score (nSPS) is 49.3. The Kier molecular flexibility index (Phi) is 6.93. The molecule has 180 valence electrons. The second-order valence-corrected chi connectivity index (χ2v) is 13.4. The van der Waals surface area contributed by atoms with Crippen LogP contribution in [0.1, 0.15) is 112 Å². The highest BCUT2D eigenvalue weighted by molar-refractivity contribution is 5.11. The number of hydrogen-bond donors (Lipinski definition) is 2. The summed E-state index contributed by atoms with van der Waals surface area (Å²) in [6.45, 7) is 14.9. The Hall–Kier alpha value is -0.0800. The summed E-state index contributed by atoms with van der Waals surface area (Å²) in [6, 6.07) is 0. The lowest BCUT2D eigenvalue weighted by atomic mass is 9.43. The summed E-state index contributed by atoms with van der Waals surface area (Å²) in [4.78, 5) is 0. The van der Waals surface area contributed by atoms with Crippen molar-refractivity contribution in [3.63, 3.8) is 0 Å². The second-order valence-electron chi connectivity index (χ2n) is 13.4. The van der Waals surface area contributed by atoms with Crippen molar-refractivity contribution in [3.8, 4) is 0 Å². The summed E-state index contributed by atoms with van der Waals surface area (Å²) in [7, 11) is 0. The first-order valence-corrected chi connectivity index (χ1v) is 14.0. The van der Waals surface area contributed by atoms with Gasteiger partial charge < -0.3 is 10.2 Å². The van der Waals surface area contributed by atoms with E-state index in [1.54, 1.807) is 0 Å². The molecule has 0 aliphatic heterocycles. The van der Waals surface area contributed by atoms with E-state index in [9.17, 15) is 10.2 Å². The first kappa shape index (κ1) is 24.1. The highest BCUT2D eigenvalue weighted by Gasteiger charge is 2.62. The predicted octanol–water partition coefficient (Wildman–Crippen LogP) is 7.08. The van der Waals surface area contributed by atoms with Crippen LogP contribution >= 0.6 is 0 Å². The van der Waals surface area contributed by atoms with Crippen LogP contribution < -0.4 is 0 Å².